The summed E-state index contributed by atoms with van der Waals surface area (Å²) in [4.78, 5) is 0. The van der Waals surface area contributed by atoms with E-state index in [9.17, 15) is 13.2 Å². The maximum absolute atomic E-state index is 12.9. The number of nitrogens with one attached hydrogen (secondary N) is 1. The Kier molecular flexibility index (Phi) is 3.38. The molecule has 1 nitrogen and oxygen atoms in total. The minimum absolute atomic E-state index is 0.214. The quantitative estimate of drug-likeness (QED) is 0.855. The Morgan fingerprint density at radius 2 is 1.76 bits per heavy atom. The van der Waals surface area contributed by atoms with Gasteiger partial charge in [-0.25, -0.2) is 0 Å². The van der Waals surface area contributed by atoms with Crippen LogP contribution in [-0.4, -0.2) is 6.18 Å². The van der Waals surface area contributed by atoms with E-state index in [0.29, 0.717) is 5.69 Å². The smallest absolute Gasteiger partial charge is 0.370 e. The lowest BCUT2D eigenvalue weighted by molar-refractivity contribution is -0.144. The Morgan fingerprint density at radius 3 is 2.29 bits per heavy atom. The Labute approximate surface area is 101 Å². The van der Waals surface area contributed by atoms with Crippen molar-refractivity contribution in [2.24, 2.45) is 0 Å². The van der Waals surface area contributed by atoms with Crippen LogP contribution >= 0.6 is 11.3 Å². The van der Waals surface area contributed by atoms with Crippen LogP contribution in [0.25, 0.3) is 0 Å². The largest absolute Gasteiger partial charge is 0.412 e. The number of halogens is 3. The van der Waals surface area contributed by atoms with Crippen LogP contribution in [0, 0.1) is 0 Å². The van der Waals surface area contributed by atoms with Crippen LogP contribution in [0.4, 0.5) is 18.9 Å². The normalized spacial score (nSPS) is 13.4. The predicted molar refractivity (Wildman–Crippen MR) is 63.2 cm³/mol. The molecule has 0 spiro atoms. The number of hydrogen-bond acceptors (Lipinski definition) is 2. The fourth-order valence-electron chi connectivity index (χ4n) is 1.51. The third-order valence-electron chi connectivity index (χ3n) is 2.29. The van der Waals surface area contributed by atoms with Crippen LogP contribution in [0.3, 0.4) is 0 Å². The fourth-order valence-corrected chi connectivity index (χ4v) is 2.11. The molecule has 0 radical (unpaired) electrons. The van der Waals surface area contributed by atoms with E-state index in [1.165, 1.54) is 23.5 Å². The van der Waals surface area contributed by atoms with Crippen molar-refractivity contribution in [3.8, 4) is 0 Å². The molecule has 90 valence electrons. The summed E-state index contributed by atoms with van der Waals surface area (Å²) in [7, 11) is 0. The number of anilines is 1. The highest BCUT2D eigenvalue weighted by Gasteiger charge is 2.40. The van der Waals surface area contributed by atoms with Crippen LogP contribution in [0.1, 0.15) is 11.6 Å². The molecule has 1 N–H and O–H groups in total. The molecule has 0 saturated heterocycles. The van der Waals surface area contributed by atoms with Crippen LogP contribution in [0.15, 0.2) is 47.2 Å². The monoisotopic (exact) mass is 257 g/mol. The summed E-state index contributed by atoms with van der Waals surface area (Å²) in [5.41, 5.74) is 0.701. The zero-order valence-corrected chi connectivity index (χ0v) is 9.55. The van der Waals surface area contributed by atoms with Gasteiger partial charge in [0.15, 0.2) is 0 Å². The van der Waals surface area contributed by atoms with Gasteiger partial charge in [-0.05, 0) is 17.0 Å². The first-order chi connectivity index (χ1) is 8.07. The third-order valence-corrected chi connectivity index (χ3v) is 2.98. The Morgan fingerprint density at radius 1 is 1.06 bits per heavy atom. The highest BCUT2D eigenvalue weighted by Crippen LogP contribution is 2.35. The minimum Gasteiger partial charge on any atom is -0.370 e. The summed E-state index contributed by atoms with van der Waals surface area (Å²) in [5.74, 6) is 0. The van der Waals surface area contributed by atoms with E-state index in [1.807, 2.05) is 0 Å². The van der Waals surface area contributed by atoms with Gasteiger partial charge in [0.25, 0.3) is 0 Å². The van der Waals surface area contributed by atoms with Gasteiger partial charge >= 0.3 is 6.18 Å². The molecule has 0 bridgehead atoms. The SMILES string of the molecule is FC(F)(F)C(Nc1ccsc1)c1ccccc1. The topological polar surface area (TPSA) is 12.0 Å². The Balaban J connectivity index is 2.27. The van der Waals surface area contributed by atoms with Crippen molar-refractivity contribution in [2.75, 3.05) is 5.32 Å². The lowest BCUT2D eigenvalue weighted by Gasteiger charge is -2.22. The molecule has 0 aliphatic carbocycles. The molecular formula is C12H10F3NS. The summed E-state index contributed by atoms with van der Waals surface area (Å²) >= 11 is 1.36. The second-order valence-corrected chi connectivity index (χ2v) is 4.32. The van der Waals surface area contributed by atoms with Crippen molar-refractivity contribution in [3.63, 3.8) is 0 Å². The van der Waals surface area contributed by atoms with E-state index in [0.717, 1.165) is 0 Å². The molecule has 1 aromatic heterocycles. The molecule has 0 fully saturated rings. The van der Waals surface area contributed by atoms with E-state index >= 15 is 0 Å². The molecule has 0 amide bonds. The van der Waals surface area contributed by atoms with Gasteiger partial charge in [0.05, 0.1) is 0 Å². The molecule has 5 heteroatoms. The third kappa shape index (κ3) is 3.00. The van der Waals surface area contributed by atoms with Crippen LogP contribution in [-0.2, 0) is 0 Å². The second-order valence-electron chi connectivity index (χ2n) is 3.54. The zero-order valence-electron chi connectivity index (χ0n) is 8.74. The van der Waals surface area contributed by atoms with Crippen molar-refractivity contribution in [2.45, 2.75) is 12.2 Å². The first-order valence-corrected chi connectivity index (χ1v) is 5.92. The number of alkyl halides is 3. The molecular weight excluding hydrogens is 247 g/mol. The van der Waals surface area contributed by atoms with Gasteiger partial charge in [-0.1, -0.05) is 30.3 Å². The average molecular weight is 257 g/mol. The molecule has 0 aliphatic heterocycles. The van der Waals surface area contributed by atoms with Crippen molar-refractivity contribution in [1.29, 1.82) is 0 Å². The van der Waals surface area contributed by atoms with Gasteiger partial charge in [0.2, 0.25) is 0 Å². The zero-order chi connectivity index (χ0) is 12.3. The van der Waals surface area contributed by atoms with Crippen LogP contribution < -0.4 is 5.32 Å². The molecule has 2 rings (SSSR count). The molecule has 1 aromatic carbocycles. The minimum atomic E-state index is -4.32. The summed E-state index contributed by atoms with van der Waals surface area (Å²) in [6, 6.07) is 7.80. The molecule has 1 atom stereocenters. The fraction of sp³-hybridized carbons (Fsp3) is 0.167. The van der Waals surface area contributed by atoms with Gasteiger partial charge in [0, 0.05) is 11.1 Å². The summed E-state index contributed by atoms with van der Waals surface area (Å²) in [6.07, 6.45) is -4.32. The first kappa shape index (κ1) is 12.0. The van der Waals surface area contributed by atoms with E-state index in [-0.39, 0.29) is 5.56 Å². The highest BCUT2D eigenvalue weighted by atomic mass is 32.1. The van der Waals surface area contributed by atoms with Gasteiger partial charge in [-0.2, -0.15) is 24.5 Å². The highest BCUT2D eigenvalue weighted by molar-refractivity contribution is 7.08. The van der Waals surface area contributed by atoms with E-state index in [1.54, 1.807) is 35.0 Å². The summed E-state index contributed by atoms with van der Waals surface area (Å²) < 4.78 is 38.8. The lowest BCUT2D eigenvalue weighted by atomic mass is 10.1. The molecule has 17 heavy (non-hydrogen) atoms. The van der Waals surface area contributed by atoms with Crippen LogP contribution in [0.2, 0.25) is 0 Å². The molecule has 0 saturated carbocycles. The van der Waals surface area contributed by atoms with Crippen LogP contribution in [0.5, 0.6) is 0 Å². The molecule has 0 aliphatic rings. The number of hydrogen-bond donors (Lipinski definition) is 1. The van der Waals surface area contributed by atoms with Crippen molar-refractivity contribution in [3.05, 3.63) is 52.7 Å². The van der Waals surface area contributed by atoms with E-state index in [4.69, 9.17) is 0 Å². The summed E-state index contributed by atoms with van der Waals surface area (Å²) in [6.45, 7) is 0. The Hall–Kier alpha value is -1.49. The van der Waals surface area contributed by atoms with Crippen molar-refractivity contribution in [1.82, 2.24) is 0 Å². The maximum Gasteiger partial charge on any atom is 0.412 e. The molecule has 2 aromatic rings. The first-order valence-electron chi connectivity index (χ1n) is 4.98. The Bertz CT molecular complexity index is 450. The van der Waals surface area contributed by atoms with E-state index in [2.05, 4.69) is 5.32 Å². The van der Waals surface area contributed by atoms with Gasteiger partial charge < -0.3 is 5.32 Å². The molecule has 1 unspecified atom stereocenters. The van der Waals surface area contributed by atoms with Gasteiger partial charge in [-0.15, -0.1) is 0 Å². The maximum atomic E-state index is 12.9. The number of thiophene rings is 1. The summed E-state index contributed by atoms with van der Waals surface area (Å²) in [5, 5.41) is 5.89. The van der Waals surface area contributed by atoms with Crippen molar-refractivity contribution < 1.29 is 13.2 Å². The lowest BCUT2D eigenvalue weighted by Crippen LogP contribution is -2.27. The van der Waals surface area contributed by atoms with Gasteiger partial charge in [0.1, 0.15) is 6.04 Å². The van der Waals surface area contributed by atoms with Crippen molar-refractivity contribution >= 4 is 17.0 Å². The van der Waals surface area contributed by atoms with Gasteiger partial charge in [-0.3, -0.25) is 0 Å². The number of benzene rings is 1. The average Bonchev–Trinajstić information content (AvgIpc) is 2.78. The molecule has 1 heterocycles. The van der Waals surface area contributed by atoms with E-state index < -0.39 is 12.2 Å². The second kappa shape index (κ2) is 4.79. The number of rotatable bonds is 3. The standard InChI is InChI=1S/C12H10F3NS/c13-12(14,15)11(9-4-2-1-3-5-9)16-10-6-7-17-8-10/h1-8,11,16H. The predicted octanol–water partition coefficient (Wildman–Crippen LogP) is 4.46.